The highest BCUT2D eigenvalue weighted by Crippen LogP contribution is 2.21. The van der Waals surface area contributed by atoms with Crippen molar-refractivity contribution >= 4 is 23.3 Å². The number of anilines is 2. The average molecular weight is 375 g/mol. The predicted octanol–water partition coefficient (Wildman–Crippen LogP) is 3.85. The van der Waals surface area contributed by atoms with Crippen LogP contribution in [0.2, 0.25) is 0 Å². The largest absolute Gasteiger partial charge is 0.465 e. The van der Waals surface area contributed by atoms with Crippen LogP contribution in [0.5, 0.6) is 0 Å². The first-order chi connectivity index (χ1) is 13.6. The molecule has 0 atom stereocenters. The van der Waals surface area contributed by atoms with Crippen LogP contribution < -0.4 is 10.6 Å². The van der Waals surface area contributed by atoms with E-state index in [9.17, 15) is 9.59 Å². The summed E-state index contributed by atoms with van der Waals surface area (Å²) in [4.78, 5) is 28.5. The quantitative estimate of drug-likeness (QED) is 0.640. The van der Waals surface area contributed by atoms with Gasteiger partial charge in [-0.3, -0.25) is 9.78 Å². The fraction of sp³-hybridized carbons (Fsp3) is 0.136. The summed E-state index contributed by atoms with van der Waals surface area (Å²) in [7, 11) is 1.34. The topological polar surface area (TPSA) is 80.3 Å². The van der Waals surface area contributed by atoms with Crippen molar-refractivity contribution in [1.29, 1.82) is 0 Å². The van der Waals surface area contributed by atoms with E-state index in [-0.39, 0.29) is 11.6 Å². The molecule has 6 heteroatoms. The van der Waals surface area contributed by atoms with Gasteiger partial charge in [0, 0.05) is 18.4 Å². The second-order valence-corrected chi connectivity index (χ2v) is 6.26. The number of rotatable bonds is 6. The number of benzene rings is 2. The number of carbonyl (C=O) groups is 2. The van der Waals surface area contributed by atoms with E-state index < -0.39 is 5.97 Å². The van der Waals surface area contributed by atoms with E-state index in [1.54, 1.807) is 36.5 Å². The molecule has 142 valence electrons. The fourth-order valence-corrected chi connectivity index (χ4v) is 2.76. The van der Waals surface area contributed by atoms with Crippen LogP contribution in [0, 0.1) is 6.92 Å². The summed E-state index contributed by atoms with van der Waals surface area (Å²) in [6.45, 7) is 2.43. The molecule has 3 rings (SSSR count). The minimum absolute atomic E-state index is 0.272. The first kappa shape index (κ1) is 19.1. The molecule has 0 saturated carbocycles. The first-order valence-electron chi connectivity index (χ1n) is 8.81. The van der Waals surface area contributed by atoms with Crippen molar-refractivity contribution in [2.45, 2.75) is 13.5 Å². The van der Waals surface area contributed by atoms with E-state index in [0.717, 1.165) is 11.1 Å². The molecular formula is C22H21N3O3. The molecule has 0 fully saturated rings. The number of hydrogen-bond acceptors (Lipinski definition) is 5. The van der Waals surface area contributed by atoms with Gasteiger partial charge in [-0.2, -0.15) is 0 Å². The second kappa shape index (κ2) is 8.81. The van der Waals surface area contributed by atoms with Crippen molar-refractivity contribution in [3.63, 3.8) is 0 Å². The number of hydrogen-bond donors (Lipinski definition) is 2. The third kappa shape index (κ3) is 4.73. The molecule has 0 spiro atoms. The Balaban J connectivity index is 1.72. The molecule has 1 aromatic heterocycles. The lowest BCUT2D eigenvalue weighted by Crippen LogP contribution is -2.23. The normalized spacial score (nSPS) is 10.2. The van der Waals surface area contributed by atoms with Crippen LogP contribution in [0.1, 0.15) is 32.0 Å². The summed E-state index contributed by atoms with van der Waals surface area (Å²) in [5, 5.41) is 6.01. The average Bonchev–Trinajstić information content (AvgIpc) is 2.72. The third-order valence-electron chi connectivity index (χ3n) is 4.14. The highest BCUT2D eigenvalue weighted by molar-refractivity contribution is 5.97. The van der Waals surface area contributed by atoms with Crippen LogP contribution >= 0.6 is 0 Å². The van der Waals surface area contributed by atoms with Gasteiger partial charge in [0.2, 0.25) is 0 Å². The number of nitrogens with zero attached hydrogens (tertiary/aromatic N) is 1. The standard InChI is InChI=1S/C22H21N3O3/c1-15-6-5-7-16(12-15)14-24-21(26)20-13-17(10-11-23-20)25-19-9-4-3-8-18(19)22(27)28-2/h3-13H,14H2,1-2H3,(H,23,25)(H,24,26). The molecule has 3 aromatic rings. The molecule has 0 aliphatic heterocycles. The Bertz CT molecular complexity index is 1000. The predicted molar refractivity (Wildman–Crippen MR) is 108 cm³/mol. The van der Waals surface area contributed by atoms with Crippen LogP contribution in [0.3, 0.4) is 0 Å². The summed E-state index contributed by atoms with van der Waals surface area (Å²) >= 11 is 0. The number of esters is 1. The summed E-state index contributed by atoms with van der Waals surface area (Å²) in [6.07, 6.45) is 1.55. The molecule has 0 saturated heterocycles. The van der Waals surface area contributed by atoms with Gasteiger partial charge in [-0.25, -0.2) is 4.79 Å². The summed E-state index contributed by atoms with van der Waals surface area (Å²) in [5.41, 5.74) is 4.09. The monoisotopic (exact) mass is 375 g/mol. The van der Waals surface area contributed by atoms with Gasteiger partial charge in [0.25, 0.3) is 5.91 Å². The van der Waals surface area contributed by atoms with E-state index in [1.165, 1.54) is 7.11 Å². The van der Waals surface area contributed by atoms with E-state index in [4.69, 9.17) is 4.74 Å². The Labute approximate surface area is 163 Å². The number of nitrogens with one attached hydrogen (secondary N) is 2. The molecule has 1 heterocycles. The number of aryl methyl sites for hydroxylation is 1. The molecular weight excluding hydrogens is 354 g/mol. The lowest BCUT2D eigenvalue weighted by molar-refractivity contribution is 0.0601. The highest BCUT2D eigenvalue weighted by atomic mass is 16.5. The van der Waals surface area contributed by atoms with Gasteiger partial charge in [0.05, 0.1) is 18.4 Å². The molecule has 0 radical (unpaired) electrons. The maximum absolute atomic E-state index is 12.5. The Morgan fingerprint density at radius 1 is 1.04 bits per heavy atom. The zero-order valence-electron chi connectivity index (χ0n) is 15.7. The maximum atomic E-state index is 12.5. The van der Waals surface area contributed by atoms with Crippen LogP contribution in [0.15, 0.2) is 66.9 Å². The summed E-state index contributed by atoms with van der Waals surface area (Å²) < 4.78 is 4.80. The molecule has 6 nitrogen and oxygen atoms in total. The van der Waals surface area contributed by atoms with E-state index in [0.29, 0.717) is 23.5 Å². The van der Waals surface area contributed by atoms with Crippen molar-refractivity contribution in [3.05, 3.63) is 89.2 Å². The Morgan fingerprint density at radius 3 is 2.64 bits per heavy atom. The summed E-state index contributed by atoms with van der Waals surface area (Å²) in [6, 6.07) is 18.3. The van der Waals surface area contributed by atoms with Gasteiger partial charge in [-0.15, -0.1) is 0 Å². The van der Waals surface area contributed by atoms with Gasteiger partial charge in [0.15, 0.2) is 0 Å². The molecule has 2 aromatic carbocycles. The number of pyridine rings is 1. The minimum Gasteiger partial charge on any atom is -0.465 e. The number of methoxy groups -OCH3 is 1. The molecule has 0 unspecified atom stereocenters. The van der Waals surface area contributed by atoms with Crippen molar-refractivity contribution < 1.29 is 14.3 Å². The third-order valence-corrected chi connectivity index (χ3v) is 4.14. The SMILES string of the molecule is COC(=O)c1ccccc1Nc1ccnc(C(=O)NCc2cccc(C)c2)c1. The number of aromatic nitrogens is 1. The van der Waals surface area contributed by atoms with E-state index in [1.807, 2.05) is 37.3 Å². The molecule has 0 aliphatic rings. The smallest absolute Gasteiger partial charge is 0.339 e. The van der Waals surface area contributed by atoms with E-state index in [2.05, 4.69) is 15.6 Å². The van der Waals surface area contributed by atoms with Gasteiger partial charge >= 0.3 is 5.97 Å². The Morgan fingerprint density at radius 2 is 1.86 bits per heavy atom. The molecule has 1 amide bonds. The Hall–Kier alpha value is -3.67. The van der Waals surface area contributed by atoms with Gasteiger partial charge in [-0.05, 0) is 36.8 Å². The second-order valence-electron chi connectivity index (χ2n) is 6.26. The van der Waals surface area contributed by atoms with Crippen molar-refractivity contribution in [2.24, 2.45) is 0 Å². The van der Waals surface area contributed by atoms with E-state index >= 15 is 0 Å². The van der Waals surface area contributed by atoms with Gasteiger partial charge in [0.1, 0.15) is 5.69 Å². The van der Waals surface area contributed by atoms with Gasteiger partial charge < -0.3 is 15.4 Å². The molecule has 0 bridgehead atoms. The molecule has 0 aliphatic carbocycles. The van der Waals surface area contributed by atoms with Crippen LogP contribution in [0.25, 0.3) is 0 Å². The summed E-state index contributed by atoms with van der Waals surface area (Å²) in [5.74, 6) is -0.709. The number of para-hydroxylation sites is 1. The maximum Gasteiger partial charge on any atom is 0.339 e. The number of carbonyl (C=O) groups excluding carboxylic acids is 2. The van der Waals surface area contributed by atoms with Crippen molar-refractivity contribution in [2.75, 3.05) is 12.4 Å². The molecule has 2 N–H and O–H groups in total. The zero-order valence-corrected chi connectivity index (χ0v) is 15.7. The lowest BCUT2D eigenvalue weighted by atomic mass is 10.1. The minimum atomic E-state index is -0.437. The van der Waals surface area contributed by atoms with Gasteiger partial charge in [-0.1, -0.05) is 42.0 Å². The first-order valence-corrected chi connectivity index (χ1v) is 8.81. The number of ether oxygens (including phenoxy) is 1. The Kier molecular flexibility index (Phi) is 6.01. The van der Waals surface area contributed by atoms with Crippen LogP contribution in [-0.4, -0.2) is 24.0 Å². The molecule has 28 heavy (non-hydrogen) atoms. The number of amides is 1. The van der Waals surface area contributed by atoms with Crippen LogP contribution in [0.4, 0.5) is 11.4 Å². The highest BCUT2D eigenvalue weighted by Gasteiger charge is 2.12. The lowest BCUT2D eigenvalue weighted by Gasteiger charge is -2.11. The zero-order chi connectivity index (χ0) is 19.9. The fourth-order valence-electron chi connectivity index (χ4n) is 2.76. The van der Waals surface area contributed by atoms with Crippen molar-refractivity contribution in [1.82, 2.24) is 10.3 Å². The van der Waals surface area contributed by atoms with Crippen LogP contribution in [-0.2, 0) is 11.3 Å². The van der Waals surface area contributed by atoms with Crippen molar-refractivity contribution in [3.8, 4) is 0 Å².